The smallest absolute Gasteiger partial charge is 0.262 e. The molecule has 1 aromatic carbocycles. The van der Waals surface area contributed by atoms with Crippen molar-refractivity contribution in [3.05, 3.63) is 53.9 Å². The topological polar surface area (TPSA) is 79.4 Å². The van der Waals surface area contributed by atoms with Crippen LogP contribution in [0.2, 0.25) is 0 Å². The molecule has 2 aromatic rings. The monoisotopic (exact) mass is 373 g/mol. The van der Waals surface area contributed by atoms with Gasteiger partial charge in [0.15, 0.2) is 0 Å². The normalized spacial score (nSPS) is 15.7. The third kappa shape index (κ3) is 4.04. The zero-order valence-corrected chi connectivity index (χ0v) is 15.8. The van der Waals surface area contributed by atoms with E-state index in [9.17, 15) is 13.2 Å². The Hall–Kier alpha value is -2.41. The first-order chi connectivity index (χ1) is 12.4. The van der Waals surface area contributed by atoms with Gasteiger partial charge in [0.05, 0.1) is 17.4 Å². The van der Waals surface area contributed by atoms with E-state index in [4.69, 9.17) is 0 Å². The fourth-order valence-electron chi connectivity index (χ4n) is 3.08. The predicted octanol–water partition coefficient (Wildman–Crippen LogP) is 3.06. The molecule has 1 fully saturated rings. The maximum absolute atomic E-state index is 12.9. The molecule has 0 radical (unpaired) electrons. The first kappa shape index (κ1) is 18.4. The molecule has 1 N–H and O–H groups in total. The van der Waals surface area contributed by atoms with Gasteiger partial charge in [0.1, 0.15) is 4.90 Å². The van der Waals surface area contributed by atoms with Crippen LogP contribution in [0.3, 0.4) is 0 Å². The van der Waals surface area contributed by atoms with Crippen LogP contribution in [0.4, 0.5) is 5.69 Å². The summed E-state index contributed by atoms with van der Waals surface area (Å²) >= 11 is 0. The third-order valence-electron chi connectivity index (χ3n) is 4.61. The highest BCUT2D eigenvalue weighted by atomic mass is 32.2. The summed E-state index contributed by atoms with van der Waals surface area (Å²) in [5.41, 5.74) is 1.42. The van der Waals surface area contributed by atoms with Crippen LogP contribution < -0.4 is 4.72 Å². The van der Waals surface area contributed by atoms with Gasteiger partial charge < -0.3 is 4.90 Å². The summed E-state index contributed by atoms with van der Waals surface area (Å²) in [7, 11) is -3.89. The van der Waals surface area contributed by atoms with E-state index < -0.39 is 10.0 Å². The molecule has 1 aromatic heterocycles. The van der Waals surface area contributed by atoms with E-state index >= 15 is 0 Å². The van der Waals surface area contributed by atoms with Crippen LogP contribution in [0.1, 0.15) is 35.7 Å². The minimum Gasteiger partial charge on any atom is -0.339 e. The Morgan fingerprint density at radius 2 is 1.88 bits per heavy atom. The van der Waals surface area contributed by atoms with Crippen molar-refractivity contribution in [2.75, 3.05) is 17.8 Å². The summed E-state index contributed by atoms with van der Waals surface area (Å²) in [6.45, 7) is 5.31. The second-order valence-corrected chi connectivity index (χ2v) is 8.48. The molecule has 26 heavy (non-hydrogen) atoms. The van der Waals surface area contributed by atoms with Crippen molar-refractivity contribution in [2.24, 2.45) is 5.92 Å². The summed E-state index contributed by atoms with van der Waals surface area (Å²) in [6.07, 6.45) is 4.97. The maximum atomic E-state index is 12.9. The number of carbonyl (C=O) groups is 1. The molecule has 138 valence electrons. The van der Waals surface area contributed by atoms with Gasteiger partial charge in [-0.25, -0.2) is 8.42 Å². The molecule has 6 nitrogen and oxygen atoms in total. The zero-order chi connectivity index (χ0) is 18.7. The lowest BCUT2D eigenvalue weighted by molar-refractivity contribution is 0.0693. The van der Waals surface area contributed by atoms with Gasteiger partial charge in [0.25, 0.3) is 15.9 Å². The van der Waals surface area contributed by atoms with Crippen LogP contribution in [0, 0.1) is 12.8 Å². The highest BCUT2D eigenvalue weighted by Crippen LogP contribution is 2.23. The van der Waals surface area contributed by atoms with E-state index in [1.807, 2.05) is 6.92 Å². The molecule has 0 spiro atoms. The molecule has 0 atom stereocenters. The van der Waals surface area contributed by atoms with Crippen molar-refractivity contribution in [1.82, 2.24) is 9.88 Å². The lowest BCUT2D eigenvalue weighted by Crippen LogP contribution is -2.38. The Morgan fingerprint density at radius 1 is 1.19 bits per heavy atom. The number of benzene rings is 1. The maximum Gasteiger partial charge on any atom is 0.262 e. The van der Waals surface area contributed by atoms with E-state index in [1.165, 1.54) is 12.3 Å². The quantitative estimate of drug-likeness (QED) is 0.893. The Bertz CT molecular complexity index is 904. The van der Waals surface area contributed by atoms with E-state index in [1.54, 1.807) is 35.4 Å². The van der Waals surface area contributed by atoms with Crippen molar-refractivity contribution >= 4 is 21.6 Å². The number of likely N-dealkylation sites (tertiary alicyclic amines) is 1. The van der Waals surface area contributed by atoms with Gasteiger partial charge in [-0.1, -0.05) is 19.1 Å². The van der Waals surface area contributed by atoms with Gasteiger partial charge in [0.2, 0.25) is 0 Å². The van der Waals surface area contributed by atoms with E-state index in [0.717, 1.165) is 18.4 Å². The zero-order valence-electron chi connectivity index (χ0n) is 15.0. The minimum absolute atomic E-state index is 0.00914. The molecule has 0 saturated carbocycles. The molecular weight excluding hydrogens is 350 g/mol. The second-order valence-electron chi connectivity index (χ2n) is 6.83. The van der Waals surface area contributed by atoms with Gasteiger partial charge >= 0.3 is 0 Å². The van der Waals surface area contributed by atoms with E-state index in [2.05, 4.69) is 16.6 Å². The number of sulfonamides is 1. The van der Waals surface area contributed by atoms with Gasteiger partial charge in [-0.2, -0.15) is 0 Å². The first-order valence-corrected chi connectivity index (χ1v) is 10.2. The molecule has 1 aliphatic rings. The van der Waals surface area contributed by atoms with E-state index in [-0.39, 0.29) is 16.4 Å². The molecule has 1 amide bonds. The molecule has 3 rings (SSSR count). The highest BCUT2D eigenvalue weighted by Gasteiger charge is 2.27. The largest absolute Gasteiger partial charge is 0.339 e. The SMILES string of the molecule is Cc1cncc(NS(=O)(=O)c2ccccc2C(=O)N2CCC(C)CC2)c1. The predicted molar refractivity (Wildman–Crippen MR) is 101 cm³/mol. The average molecular weight is 373 g/mol. The Morgan fingerprint density at radius 3 is 2.58 bits per heavy atom. The fraction of sp³-hybridized carbons (Fsp3) is 0.368. The number of pyridine rings is 1. The second kappa shape index (κ2) is 7.45. The van der Waals surface area contributed by atoms with Crippen molar-refractivity contribution in [2.45, 2.75) is 31.6 Å². The van der Waals surface area contributed by atoms with Crippen LogP contribution in [-0.2, 0) is 10.0 Å². The number of piperidine rings is 1. The lowest BCUT2D eigenvalue weighted by atomic mass is 9.98. The van der Waals surface area contributed by atoms with Crippen LogP contribution in [0.5, 0.6) is 0 Å². The summed E-state index contributed by atoms with van der Waals surface area (Å²) in [6, 6.07) is 8.04. The molecule has 7 heteroatoms. The Labute approximate surface area is 154 Å². The van der Waals surface area contributed by atoms with Crippen molar-refractivity contribution < 1.29 is 13.2 Å². The standard InChI is InChI=1S/C19H23N3O3S/c1-14-7-9-22(10-8-14)19(23)17-5-3-4-6-18(17)26(24,25)21-16-11-15(2)12-20-13-16/h3-6,11-14,21H,7-10H2,1-2H3. The minimum atomic E-state index is -3.89. The molecule has 1 saturated heterocycles. The molecule has 0 unspecified atom stereocenters. The number of hydrogen-bond donors (Lipinski definition) is 1. The number of amides is 1. The molecule has 1 aliphatic heterocycles. The number of rotatable bonds is 4. The summed E-state index contributed by atoms with van der Waals surface area (Å²) in [4.78, 5) is 18.6. The van der Waals surface area contributed by atoms with Gasteiger partial charge in [-0.3, -0.25) is 14.5 Å². The average Bonchev–Trinajstić information content (AvgIpc) is 2.61. The molecule has 0 aliphatic carbocycles. The van der Waals surface area contributed by atoms with Crippen molar-refractivity contribution in [1.29, 1.82) is 0 Å². The van der Waals surface area contributed by atoms with Gasteiger partial charge in [-0.05, 0) is 49.4 Å². The Balaban J connectivity index is 1.89. The van der Waals surface area contributed by atoms with Gasteiger partial charge in [-0.15, -0.1) is 0 Å². The van der Waals surface area contributed by atoms with Gasteiger partial charge in [0, 0.05) is 19.3 Å². The highest BCUT2D eigenvalue weighted by molar-refractivity contribution is 7.92. The number of nitrogens with one attached hydrogen (secondary N) is 1. The lowest BCUT2D eigenvalue weighted by Gasteiger charge is -2.30. The van der Waals surface area contributed by atoms with E-state index in [0.29, 0.717) is 24.7 Å². The number of hydrogen-bond acceptors (Lipinski definition) is 4. The number of aryl methyl sites for hydroxylation is 1. The first-order valence-electron chi connectivity index (χ1n) is 8.69. The molecule has 2 heterocycles. The molecular formula is C19H23N3O3S. The van der Waals surface area contributed by atoms with Crippen molar-refractivity contribution in [3.8, 4) is 0 Å². The summed E-state index contributed by atoms with van der Waals surface area (Å²) in [5.74, 6) is 0.355. The Kier molecular flexibility index (Phi) is 5.27. The number of anilines is 1. The summed E-state index contributed by atoms with van der Waals surface area (Å²) < 4.78 is 28.2. The third-order valence-corrected chi connectivity index (χ3v) is 6.04. The van der Waals surface area contributed by atoms with Crippen molar-refractivity contribution in [3.63, 3.8) is 0 Å². The number of aromatic nitrogens is 1. The summed E-state index contributed by atoms with van der Waals surface area (Å²) in [5, 5.41) is 0. The van der Waals surface area contributed by atoms with Crippen LogP contribution in [0.15, 0.2) is 47.6 Å². The number of nitrogens with zero attached hydrogens (tertiary/aromatic N) is 2. The number of carbonyl (C=O) groups excluding carboxylic acids is 1. The molecule has 0 bridgehead atoms. The van der Waals surface area contributed by atoms with Crippen LogP contribution in [-0.4, -0.2) is 37.3 Å². The van der Waals surface area contributed by atoms with Crippen LogP contribution in [0.25, 0.3) is 0 Å². The van der Waals surface area contributed by atoms with Crippen LogP contribution >= 0.6 is 0 Å². The fourth-order valence-corrected chi connectivity index (χ4v) is 4.32.